The first-order valence-corrected chi connectivity index (χ1v) is 8.78. The van der Waals surface area contributed by atoms with Crippen molar-refractivity contribution in [1.29, 1.82) is 0 Å². The summed E-state index contributed by atoms with van der Waals surface area (Å²) in [6, 6.07) is 13.0. The number of benzene rings is 1. The largest absolute Gasteiger partial charge is 0.373 e. The average molecular weight is 324 g/mol. The van der Waals surface area contributed by atoms with E-state index in [1.807, 2.05) is 12.1 Å². The van der Waals surface area contributed by atoms with Crippen LogP contribution in [0, 0.1) is 0 Å². The molecule has 1 aromatic heterocycles. The van der Waals surface area contributed by atoms with Crippen LogP contribution in [-0.2, 0) is 16.0 Å². The molecule has 1 saturated heterocycles. The molecule has 126 valence electrons. The van der Waals surface area contributed by atoms with Crippen LogP contribution in [0.4, 0.5) is 0 Å². The van der Waals surface area contributed by atoms with Gasteiger partial charge in [0.15, 0.2) is 0 Å². The van der Waals surface area contributed by atoms with E-state index in [2.05, 4.69) is 41.8 Å². The molecule has 0 bridgehead atoms. The van der Waals surface area contributed by atoms with Crippen LogP contribution < -0.4 is 0 Å². The van der Waals surface area contributed by atoms with Gasteiger partial charge in [-0.15, -0.1) is 6.58 Å². The maximum Gasteiger partial charge on any atom is 0.0992 e. The minimum absolute atomic E-state index is 0.180. The Labute approximate surface area is 143 Å². The zero-order valence-electron chi connectivity index (χ0n) is 13.9. The first-order valence-electron chi connectivity index (χ1n) is 8.78. The van der Waals surface area contributed by atoms with Gasteiger partial charge in [0.05, 0.1) is 36.6 Å². The molecule has 3 atom stereocenters. The highest BCUT2D eigenvalue weighted by Gasteiger charge is 2.43. The second-order valence-electron chi connectivity index (χ2n) is 6.61. The Balaban J connectivity index is 1.48. The predicted octanol–water partition coefficient (Wildman–Crippen LogP) is 3.17. The zero-order valence-corrected chi connectivity index (χ0v) is 13.9. The number of para-hydroxylation sites is 1. The van der Waals surface area contributed by atoms with Gasteiger partial charge in [0.25, 0.3) is 0 Å². The highest BCUT2D eigenvalue weighted by atomic mass is 16.5. The van der Waals surface area contributed by atoms with E-state index in [0.29, 0.717) is 12.6 Å². The number of pyridine rings is 1. The van der Waals surface area contributed by atoms with Crippen molar-refractivity contribution in [2.24, 2.45) is 0 Å². The number of aromatic nitrogens is 1. The molecule has 2 aliphatic rings. The lowest BCUT2D eigenvalue weighted by molar-refractivity contribution is -0.111. The fourth-order valence-corrected chi connectivity index (χ4v) is 3.96. The molecule has 2 heterocycles. The van der Waals surface area contributed by atoms with Crippen LogP contribution in [0.2, 0.25) is 0 Å². The number of morpholine rings is 1. The number of fused-ring (bicyclic) bond motifs is 2. The molecule has 1 aliphatic carbocycles. The second-order valence-corrected chi connectivity index (χ2v) is 6.61. The van der Waals surface area contributed by atoms with E-state index < -0.39 is 0 Å². The van der Waals surface area contributed by atoms with E-state index in [-0.39, 0.29) is 12.2 Å². The Kier molecular flexibility index (Phi) is 4.60. The maximum absolute atomic E-state index is 6.03. The third-order valence-electron chi connectivity index (χ3n) is 5.10. The van der Waals surface area contributed by atoms with Gasteiger partial charge in [0, 0.05) is 24.5 Å². The van der Waals surface area contributed by atoms with Gasteiger partial charge in [0.2, 0.25) is 0 Å². The van der Waals surface area contributed by atoms with Crippen LogP contribution in [0.3, 0.4) is 0 Å². The fraction of sp³-hybridized carbons (Fsp3) is 0.450. The smallest absolute Gasteiger partial charge is 0.0992 e. The summed E-state index contributed by atoms with van der Waals surface area (Å²) in [5.41, 5.74) is 2.20. The van der Waals surface area contributed by atoms with E-state index in [9.17, 15) is 0 Å². The topological polar surface area (TPSA) is 34.6 Å². The van der Waals surface area contributed by atoms with Crippen LogP contribution in [0.25, 0.3) is 10.9 Å². The van der Waals surface area contributed by atoms with Gasteiger partial charge in [-0.05, 0) is 25.0 Å². The van der Waals surface area contributed by atoms with Crippen molar-refractivity contribution < 1.29 is 9.47 Å². The standard InChI is InChI=1S/C20H24N2O2/c1-2-12-23-19-10-9-18-20(19)24-13-11-22(18)14-16-8-7-15-5-3-4-6-17(15)21-16/h2-8,18-20H,1,9-14H2/t18-,19+,20+/m0/s1. The van der Waals surface area contributed by atoms with Crippen molar-refractivity contribution in [2.75, 3.05) is 19.8 Å². The summed E-state index contributed by atoms with van der Waals surface area (Å²) < 4.78 is 11.9. The normalized spacial score (nSPS) is 27.2. The first-order chi connectivity index (χ1) is 11.8. The fourth-order valence-electron chi connectivity index (χ4n) is 3.96. The van der Waals surface area contributed by atoms with Crippen molar-refractivity contribution in [1.82, 2.24) is 9.88 Å². The molecular formula is C20H24N2O2. The number of rotatable bonds is 5. The number of ether oxygens (including phenoxy) is 2. The summed E-state index contributed by atoms with van der Waals surface area (Å²) in [4.78, 5) is 7.34. The van der Waals surface area contributed by atoms with Crippen molar-refractivity contribution in [3.05, 3.63) is 54.7 Å². The van der Waals surface area contributed by atoms with Crippen molar-refractivity contribution in [3.63, 3.8) is 0 Å². The Bertz CT molecular complexity index is 718. The minimum Gasteiger partial charge on any atom is -0.373 e. The summed E-state index contributed by atoms with van der Waals surface area (Å²) in [7, 11) is 0. The molecule has 1 aromatic carbocycles. The molecule has 0 radical (unpaired) electrons. The third kappa shape index (κ3) is 3.09. The van der Waals surface area contributed by atoms with E-state index >= 15 is 0 Å². The van der Waals surface area contributed by atoms with Crippen molar-refractivity contribution in [2.45, 2.75) is 37.6 Å². The summed E-state index contributed by atoms with van der Waals surface area (Å²) in [6.45, 7) is 6.94. The van der Waals surface area contributed by atoms with E-state index in [4.69, 9.17) is 14.5 Å². The lowest BCUT2D eigenvalue weighted by atomic mass is 10.1. The lowest BCUT2D eigenvalue weighted by Gasteiger charge is -2.38. The second kappa shape index (κ2) is 7.01. The van der Waals surface area contributed by atoms with Gasteiger partial charge in [0.1, 0.15) is 0 Å². The molecule has 24 heavy (non-hydrogen) atoms. The van der Waals surface area contributed by atoms with Crippen molar-refractivity contribution >= 4 is 10.9 Å². The molecule has 1 saturated carbocycles. The predicted molar refractivity (Wildman–Crippen MR) is 94.9 cm³/mol. The molecule has 1 aliphatic heterocycles. The molecule has 2 aromatic rings. The Morgan fingerprint density at radius 3 is 3.08 bits per heavy atom. The molecule has 0 unspecified atom stereocenters. The highest BCUT2D eigenvalue weighted by Crippen LogP contribution is 2.33. The Morgan fingerprint density at radius 2 is 2.17 bits per heavy atom. The number of nitrogens with zero attached hydrogens (tertiary/aromatic N) is 2. The van der Waals surface area contributed by atoms with Gasteiger partial charge in [-0.1, -0.05) is 30.3 Å². The lowest BCUT2D eigenvalue weighted by Crippen LogP contribution is -2.51. The van der Waals surface area contributed by atoms with Gasteiger partial charge >= 0.3 is 0 Å². The summed E-state index contributed by atoms with van der Waals surface area (Å²) in [5, 5.41) is 1.19. The average Bonchev–Trinajstić information content (AvgIpc) is 3.04. The third-order valence-corrected chi connectivity index (χ3v) is 5.10. The number of hydrogen-bond acceptors (Lipinski definition) is 4. The van der Waals surface area contributed by atoms with Gasteiger partial charge in [-0.3, -0.25) is 9.88 Å². The minimum atomic E-state index is 0.180. The molecule has 0 N–H and O–H groups in total. The molecule has 2 fully saturated rings. The molecule has 4 heteroatoms. The summed E-state index contributed by atoms with van der Waals surface area (Å²) >= 11 is 0. The molecular weight excluding hydrogens is 300 g/mol. The highest BCUT2D eigenvalue weighted by molar-refractivity contribution is 5.78. The Morgan fingerprint density at radius 1 is 1.25 bits per heavy atom. The monoisotopic (exact) mass is 324 g/mol. The van der Waals surface area contributed by atoms with Crippen LogP contribution in [-0.4, -0.2) is 47.9 Å². The van der Waals surface area contributed by atoms with E-state index in [1.165, 1.54) is 5.39 Å². The zero-order chi connectivity index (χ0) is 16.4. The van der Waals surface area contributed by atoms with Crippen LogP contribution in [0.5, 0.6) is 0 Å². The van der Waals surface area contributed by atoms with Gasteiger partial charge in [-0.25, -0.2) is 0 Å². The quantitative estimate of drug-likeness (QED) is 0.791. The SMILES string of the molecule is C=CCO[C@@H]1CC[C@H]2[C@H]1OCCN2Cc1ccc2ccccc2n1. The molecule has 4 nitrogen and oxygen atoms in total. The number of hydrogen-bond donors (Lipinski definition) is 0. The molecule has 4 rings (SSSR count). The van der Waals surface area contributed by atoms with E-state index in [0.717, 1.165) is 43.7 Å². The molecule has 0 amide bonds. The van der Waals surface area contributed by atoms with Crippen LogP contribution in [0.15, 0.2) is 49.1 Å². The van der Waals surface area contributed by atoms with Gasteiger partial charge < -0.3 is 9.47 Å². The van der Waals surface area contributed by atoms with Gasteiger partial charge in [-0.2, -0.15) is 0 Å². The maximum atomic E-state index is 6.03. The summed E-state index contributed by atoms with van der Waals surface area (Å²) in [6.07, 6.45) is 4.37. The van der Waals surface area contributed by atoms with E-state index in [1.54, 1.807) is 0 Å². The van der Waals surface area contributed by atoms with Crippen LogP contribution in [0.1, 0.15) is 18.5 Å². The first kappa shape index (κ1) is 15.8. The Hall–Kier alpha value is -1.75. The summed E-state index contributed by atoms with van der Waals surface area (Å²) in [5.74, 6) is 0. The van der Waals surface area contributed by atoms with Crippen molar-refractivity contribution in [3.8, 4) is 0 Å². The molecule has 0 spiro atoms. The van der Waals surface area contributed by atoms with Crippen LogP contribution >= 0.6 is 0 Å².